The van der Waals surface area contributed by atoms with Gasteiger partial charge < -0.3 is 14.5 Å². The van der Waals surface area contributed by atoms with Crippen LogP contribution in [0.15, 0.2) is 29.3 Å². The molecule has 1 amide bonds. The van der Waals surface area contributed by atoms with Crippen LogP contribution in [-0.2, 0) is 46.8 Å². The first kappa shape index (κ1) is 28.2. The molecule has 16 heteroatoms. The highest BCUT2D eigenvalue weighted by molar-refractivity contribution is 7.89. The fourth-order valence-electron chi connectivity index (χ4n) is 4.22. The van der Waals surface area contributed by atoms with E-state index < -0.39 is 51.8 Å². The lowest BCUT2D eigenvalue weighted by Gasteiger charge is -2.30. The fraction of sp³-hybridized carbons (Fsp3) is 0.545. The molecule has 3 heterocycles. The number of sulfonamides is 1. The molecule has 1 fully saturated rings. The van der Waals surface area contributed by atoms with Gasteiger partial charge in [-0.05, 0) is 37.2 Å². The Kier molecular flexibility index (Phi) is 7.69. The van der Waals surface area contributed by atoms with Crippen LogP contribution in [0.5, 0.6) is 0 Å². The van der Waals surface area contributed by atoms with Gasteiger partial charge in [0.25, 0.3) is 10.0 Å². The zero-order valence-corrected chi connectivity index (χ0v) is 21.0. The topological polar surface area (TPSA) is 88.0 Å². The van der Waals surface area contributed by atoms with Crippen molar-refractivity contribution < 1.29 is 44.3 Å². The number of ether oxygens (including phenoxy) is 1. The van der Waals surface area contributed by atoms with Crippen LogP contribution in [0.4, 0.5) is 31.1 Å². The van der Waals surface area contributed by atoms with Crippen LogP contribution in [0.2, 0.25) is 0 Å². The minimum atomic E-state index is -5.02. The van der Waals surface area contributed by atoms with Crippen molar-refractivity contribution in [1.82, 2.24) is 23.9 Å². The van der Waals surface area contributed by atoms with Gasteiger partial charge in [0.15, 0.2) is 5.03 Å². The predicted molar refractivity (Wildman–Crippen MR) is 120 cm³/mol. The maximum Gasteiger partial charge on any atom is 0.416 e. The maximum absolute atomic E-state index is 13.1. The Hall–Kier alpha value is -2.85. The number of alkyl halides is 6. The highest BCUT2D eigenvalue weighted by Gasteiger charge is 2.37. The first-order valence-electron chi connectivity index (χ1n) is 11.6. The summed E-state index contributed by atoms with van der Waals surface area (Å²) in [6.07, 6.45) is -10.6. The molecule has 2 aliphatic rings. The molecule has 2 aliphatic heterocycles. The molecule has 210 valence electrons. The third-order valence-electron chi connectivity index (χ3n) is 6.33. The fourth-order valence-corrected chi connectivity index (χ4v) is 5.61. The average Bonchev–Trinajstić information content (AvgIpc) is 3.14. The van der Waals surface area contributed by atoms with Crippen LogP contribution in [0, 0.1) is 0 Å². The maximum atomic E-state index is 13.1. The Morgan fingerprint density at radius 3 is 2.11 bits per heavy atom. The summed E-state index contributed by atoms with van der Waals surface area (Å²) in [5.41, 5.74) is -3.08. The molecule has 9 nitrogen and oxygen atoms in total. The third-order valence-corrected chi connectivity index (χ3v) is 8.10. The van der Waals surface area contributed by atoms with E-state index in [1.807, 2.05) is 11.9 Å². The first-order valence-corrected chi connectivity index (χ1v) is 13.0. The number of piperazine rings is 1. The van der Waals surface area contributed by atoms with E-state index in [0.717, 1.165) is 0 Å². The van der Waals surface area contributed by atoms with Crippen molar-refractivity contribution in [2.24, 2.45) is 0 Å². The second-order valence-electron chi connectivity index (χ2n) is 9.15. The third kappa shape index (κ3) is 6.23. The lowest BCUT2D eigenvalue weighted by Crippen LogP contribution is -2.47. The molecular weight excluding hydrogens is 544 g/mol. The van der Waals surface area contributed by atoms with Gasteiger partial charge >= 0.3 is 18.4 Å². The molecule has 0 radical (unpaired) electrons. The van der Waals surface area contributed by atoms with Crippen molar-refractivity contribution in [1.29, 1.82) is 0 Å². The Morgan fingerprint density at radius 1 is 0.921 bits per heavy atom. The van der Waals surface area contributed by atoms with Crippen molar-refractivity contribution in [3.63, 3.8) is 0 Å². The van der Waals surface area contributed by atoms with Crippen LogP contribution in [0.25, 0.3) is 0 Å². The van der Waals surface area contributed by atoms with E-state index in [4.69, 9.17) is 4.74 Å². The summed E-state index contributed by atoms with van der Waals surface area (Å²) < 4.78 is 112. The Labute approximate surface area is 214 Å². The smallest absolute Gasteiger partial charge is 0.416 e. The minimum absolute atomic E-state index is 0.00490. The van der Waals surface area contributed by atoms with Gasteiger partial charge in [-0.15, -0.1) is 0 Å². The van der Waals surface area contributed by atoms with Gasteiger partial charge in [-0.25, -0.2) is 13.2 Å². The number of hydrogen-bond acceptors (Lipinski definition) is 6. The number of halogens is 6. The number of carbonyl (C=O) groups excluding carboxylic acids is 1. The van der Waals surface area contributed by atoms with Crippen LogP contribution in [0.1, 0.15) is 28.8 Å². The van der Waals surface area contributed by atoms with Crippen molar-refractivity contribution in [2.45, 2.75) is 43.5 Å². The molecule has 1 saturated heterocycles. The molecule has 0 atom stereocenters. The molecule has 0 saturated carbocycles. The monoisotopic (exact) mass is 569 g/mol. The summed E-state index contributed by atoms with van der Waals surface area (Å²) in [7, 11) is -1.96. The van der Waals surface area contributed by atoms with Gasteiger partial charge in [0.05, 0.1) is 23.4 Å². The lowest BCUT2D eigenvalue weighted by atomic mass is 10.1. The number of carbonyl (C=O) groups is 1. The molecule has 2 aromatic rings. The SMILES string of the molecule is CN1CCN(S(=O)(=O)c2cc3n(n2)CCCN(C(=O)OCc2cc(C(F)(F)F)cc(C(F)(F)F)c2)C3)CC1. The van der Waals surface area contributed by atoms with Crippen molar-refractivity contribution in [2.75, 3.05) is 39.8 Å². The van der Waals surface area contributed by atoms with Gasteiger partial charge in [0.1, 0.15) is 6.61 Å². The van der Waals surface area contributed by atoms with Crippen LogP contribution >= 0.6 is 0 Å². The van der Waals surface area contributed by atoms with E-state index in [1.165, 1.54) is 20.0 Å². The van der Waals surface area contributed by atoms with E-state index in [9.17, 15) is 39.6 Å². The second kappa shape index (κ2) is 10.4. The van der Waals surface area contributed by atoms with Crippen molar-refractivity contribution in [3.8, 4) is 0 Å². The largest absolute Gasteiger partial charge is 0.445 e. The minimum Gasteiger partial charge on any atom is -0.445 e. The van der Waals surface area contributed by atoms with Crippen LogP contribution in [-0.4, -0.2) is 78.2 Å². The zero-order valence-electron chi connectivity index (χ0n) is 20.2. The molecule has 0 aliphatic carbocycles. The van der Waals surface area contributed by atoms with Gasteiger partial charge in [-0.1, -0.05) is 0 Å². The van der Waals surface area contributed by atoms with Gasteiger partial charge in [-0.3, -0.25) is 4.68 Å². The van der Waals surface area contributed by atoms with Crippen LogP contribution in [0.3, 0.4) is 0 Å². The first-order chi connectivity index (χ1) is 17.6. The number of aromatic nitrogens is 2. The summed E-state index contributed by atoms with van der Waals surface area (Å²) >= 11 is 0. The Morgan fingerprint density at radius 2 is 1.53 bits per heavy atom. The highest BCUT2D eigenvalue weighted by Crippen LogP contribution is 2.36. The molecular formula is C22H25F6N5O4S. The molecule has 1 aromatic carbocycles. The standard InChI is InChI=1S/C22H25F6N5O4S/c1-30-5-7-32(8-6-30)38(35,36)19-12-18-13-31(3-2-4-33(18)29-19)20(34)37-14-15-9-16(21(23,24)25)11-17(10-15)22(26,27)28/h9-12H,2-8,13-14H2,1H3. The van der Waals surface area contributed by atoms with Gasteiger partial charge in [0.2, 0.25) is 0 Å². The second-order valence-corrected chi connectivity index (χ2v) is 11.0. The number of likely N-dealkylation sites (N-methyl/N-ethyl adjacent to an activating group) is 1. The van der Waals surface area contributed by atoms with Crippen molar-refractivity contribution >= 4 is 16.1 Å². The highest BCUT2D eigenvalue weighted by atomic mass is 32.2. The normalized spacial score (nSPS) is 18.2. The van der Waals surface area contributed by atoms with Crippen LogP contribution < -0.4 is 0 Å². The number of hydrogen-bond donors (Lipinski definition) is 0. The van der Waals surface area contributed by atoms with E-state index in [1.54, 1.807) is 0 Å². The van der Waals surface area contributed by atoms with Gasteiger partial charge in [-0.2, -0.15) is 35.7 Å². The molecule has 1 aromatic heterocycles. The number of nitrogens with zero attached hydrogens (tertiary/aromatic N) is 5. The summed E-state index contributed by atoms with van der Waals surface area (Å²) in [4.78, 5) is 15.9. The molecule has 0 N–H and O–H groups in total. The zero-order chi connectivity index (χ0) is 27.9. The van der Waals surface area contributed by atoms with Gasteiger partial charge in [0, 0.05) is 45.3 Å². The number of benzene rings is 1. The summed E-state index contributed by atoms with van der Waals surface area (Å²) in [5.74, 6) is 0. The summed E-state index contributed by atoms with van der Waals surface area (Å²) in [6, 6.07) is 2.35. The molecule has 0 unspecified atom stereocenters. The Bertz CT molecular complexity index is 1250. The van der Waals surface area contributed by atoms with E-state index in [2.05, 4.69) is 5.10 Å². The predicted octanol–water partition coefficient (Wildman–Crippen LogP) is 3.40. The molecule has 0 spiro atoms. The summed E-state index contributed by atoms with van der Waals surface area (Å²) in [6.45, 7) is 1.33. The van der Waals surface area contributed by atoms with E-state index in [0.29, 0.717) is 57.0 Å². The number of aryl methyl sites for hydroxylation is 1. The molecule has 4 rings (SSSR count). The molecule has 0 bridgehead atoms. The number of rotatable bonds is 4. The number of amides is 1. The van der Waals surface area contributed by atoms with E-state index >= 15 is 0 Å². The molecule has 38 heavy (non-hydrogen) atoms. The van der Waals surface area contributed by atoms with Crippen molar-refractivity contribution in [3.05, 3.63) is 46.6 Å². The number of fused-ring (bicyclic) bond motifs is 1. The average molecular weight is 570 g/mol. The summed E-state index contributed by atoms with van der Waals surface area (Å²) in [5, 5.41) is 4.05. The Balaban J connectivity index is 1.47. The lowest BCUT2D eigenvalue weighted by molar-refractivity contribution is -0.143. The quantitative estimate of drug-likeness (QED) is 0.525. The van der Waals surface area contributed by atoms with E-state index in [-0.39, 0.29) is 24.2 Å².